The van der Waals surface area contributed by atoms with Gasteiger partial charge in [-0.3, -0.25) is 0 Å². The number of rotatable bonds is 6. The zero-order chi connectivity index (χ0) is 20.8. The Balaban J connectivity index is 2.37. The molecule has 0 aliphatic carbocycles. The Morgan fingerprint density at radius 2 is 1.48 bits per heavy atom. The van der Waals surface area contributed by atoms with Crippen molar-refractivity contribution in [2.75, 3.05) is 13.2 Å². The van der Waals surface area contributed by atoms with Crippen LogP contribution < -0.4 is 0 Å². The highest BCUT2D eigenvalue weighted by Crippen LogP contribution is 2.35. The second-order valence-electron chi connectivity index (χ2n) is 6.07. The van der Waals surface area contributed by atoms with E-state index in [0.29, 0.717) is 16.1 Å². The van der Waals surface area contributed by atoms with Gasteiger partial charge in [0.2, 0.25) is 0 Å². The minimum atomic E-state index is -0.576. The average Bonchev–Trinajstić information content (AvgIpc) is 2.74. The lowest BCUT2D eigenvalue weighted by molar-refractivity contribution is 0.0507. The molecule has 0 aliphatic rings. The lowest BCUT2D eigenvalue weighted by Crippen LogP contribution is -2.14. The van der Waals surface area contributed by atoms with E-state index in [4.69, 9.17) is 21.1 Å². The predicted octanol–water partition coefficient (Wildman–Crippen LogP) is 5.42. The van der Waals surface area contributed by atoms with Crippen LogP contribution in [0.15, 0.2) is 60.7 Å². The number of hydrogen-bond acceptors (Lipinski definition) is 5. The molecule has 0 saturated carbocycles. The van der Waals surface area contributed by atoms with Crippen LogP contribution in [0.3, 0.4) is 0 Å². The number of halogens is 1. The molecule has 3 aromatic rings. The Hall–Kier alpha value is -3.18. The van der Waals surface area contributed by atoms with Gasteiger partial charge in [-0.1, -0.05) is 60.1 Å². The van der Waals surface area contributed by atoms with Gasteiger partial charge >= 0.3 is 11.9 Å². The van der Waals surface area contributed by atoms with Gasteiger partial charge in [-0.2, -0.15) is 0 Å². The Morgan fingerprint density at radius 1 is 0.862 bits per heavy atom. The summed E-state index contributed by atoms with van der Waals surface area (Å²) in [5, 5.41) is 0.408. The van der Waals surface area contributed by atoms with Gasteiger partial charge in [0.05, 0.1) is 24.5 Å². The molecule has 5 nitrogen and oxygen atoms in total. The number of aromatic nitrogens is 1. The van der Waals surface area contributed by atoms with Crippen LogP contribution in [0.25, 0.3) is 22.4 Å². The van der Waals surface area contributed by atoms with Gasteiger partial charge in [0.25, 0.3) is 0 Å². The third-order valence-corrected chi connectivity index (χ3v) is 4.53. The van der Waals surface area contributed by atoms with Crippen molar-refractivity contribution in [1.82, 2.24) is 4.98 Å². The SMILES string of the molecule is CCOC(=O)c1cc(-c2ccccc2)c(C(=O)OCC)c(-c2ccccc2Cl)n1. The molecule has 0 aliphatic heterocycles. The molecule has 148 valence electrons. The maximum absolute atomic E-state index is 12.9. The Bertz CT molecular complexity index is 1030. The summed E-state index contributed by atoms with van der Waals surface area (Å²) < 4.78 is 10.4. The van der Waals surface area contributed by atoms with Crippen LogP contribution in [0, 0.1) is 0 Å². The van der Waals surface area contributed by atoms with E-state index in [9.17, 15) is 9.59 Å². The zero-order valence-electron chi connectivity index (χ0n) is 16.1. The first-order valence-corrected chi connectivity index (χ1v) is 9.64. The number of benzene rings is 2. The molecule has 0 amide bonds. The Morgan fingerprint density at radius 3 is 2.14 bits per heavy atom. The lowest BCUT2D eigenvalue weighted by Gasteiger charge is -2.16. The van der Waals surface area contributed by atoms with Gasteiger partial charge in [0.1, 0.15) is 5.69 Å². The van der Waals surface area contributed by atoms with E-state index in [0.717, 1.165) is 5.56 Å². The zero-order valence-corrected chi connectivity index (χ0v) is 16.9. The van der Waals surface area contributed by atoms with Crippen molar-refractivity contribution in [3.8, 4) is 22.4 Å². The average molecular weight is 410 g/mol. The van der Waals surface area contributed by atoms with Gasteiger partial charge in [-0.15, -0.1) is 0 Å². The fraction of sp³-hybridized carbons (Fsp3) is 0.174. The van der Waals surface area contributed by atoms with Gasteiger partial charge in [0, 0.05) is 16.1 Å². The molecule has 1 heterocycles. The molecule has 0 unspecified atom stereocenters. The monoisotopic (exact) mass is 409 g/mol. The number of hydrogen-bond donors (Lipinski definition) is 0. The number of esters is 2. The van der Waals surface area contributed by atoms with E-state index in [2.05, 4.69) is 4.98 Å². The normalized spacial score (nSPS) is 10.4. The van der Waals surface area contributed by atoms with Gasteiger partial charge in [0.15, 0.2) is 0 Å². The Kier molecular flexibility index (Phi) is 6.62. The standard InChI is InChI=1S/C23H20ClNO4/c1-3-28-22(26)19-14-17(15-10-6-5-7-11-15)20(23(27)29-4-2)21(25-19)16-12-8-9-13-18(16)24/h5-14H,3-4H2,1-2H3. The van der Waals surface area contributed by atoms with Crippen LogP contribution >= 0.6 is 11.6 Å². The topological polar surface area (TPSA) is 65.5 Å². The number of ether oxygens (including phenoxy) is 2. The summed E-state index contributed by atoms with van der Waals surface area (Å²) in [5.74, 6) is -1.11. The molecule has 0 atom stereocenters. The fourth-order valence-electron chi connectivity index (χ4n) is 2.96. The summed E-state index contributed by atoms with van der Waals surface area (Å²) in [7, 11) is 0. The van der Waals surface area contributed by atoms with Gasteiger partial charge in [-0.05, 0) is 31.5 Å². The molecular weight excluding hydrogens is 390 g/mol. The van der Waals surface area contributed by atoms with E-state index in [1.807, 2.05) is 30.3 Å². The molecule has 3 rings (SSSR count). The van der Waals surface area contributed by atoms with Crippen molar-refractivity contribution < 1.29 is 19.1 Å². The van der Waals surface area contributed by atoms with Gasteiger partial charge < -0.3 is 9.47 Å². The van der Waals surface area contributed by atoms with E-state index in [1.165, 1.54) is 0 Å². The van der Waals surface area contributed by atoms with Crippen LogP contribution in [0.2, 0.25) is 5.02 Å². The predicted molar refractivity (Wildman–Crippen MR) is 112 cm³/mol. The highest BCUT2D eigenvalue weighted by Gasteiger charge is 2.26. The highest BCUT2D eigenvalue weighted by atomic mass is 35.5. The summed E-state index contributed by atoms with van der Waals surface area (Å²) >= 11 is 6.40. The number of carbonyl (C=O) groups is 2. The molecule has 0 N–H and O–H groups in total. The fourth-order valence-corrected chi connectivity index (χ4v) is 3.18. The first-order chi connectivity index (χ1) is 14.1. The minimum Gasteiger partial charge on any atom is -0.462 e. The summed E-state index contributed by atoms with van der Waals surface area (Å²) in [6.07, 6.45) is 0. The van der Waals surface area contributed by atoms with Crippen LogP contribution in [-0.4, -0.2) is 30.1 Å². The van der Waals surface area contributed by atoms with Crippen LogP contribution in [0.4, 0.5) is 0 Å². The third-order valence-electron chi connectivity index (χ3n) is 4.20. The molecular formula is C23H20ClNO4. The summed E-state index contributed by atoms with van der Waals surface area (Å²) in [5.41, 5.74) is 2.42. The van der Waals surface area contributed by atoms with Crippen molar-refractivity contribution in [2.45, 2.75) is 13.8 Å². The van der Waals surface area contributed by atoms with Crippen LogP contribution in [0.1, 0.15) is 34.7 Å². The molecule has 29 heavy (non-hydrogen) atoms. The lowest BCUT2D eigenvalue weighted by atomic mass is 9.94. The molecule has 0 saturated heterocycles. The second-order valence-corrected chi connectivity index (χ2v) is 6.47. The summed E-state index contributed by atoms with van der Waals surface area (Å²) in [6, 6.07) is 17.8. The summed E-state index contributed by atoms with van der Waals surface area (Å²) in [4.78, 5) is 29.9. The molecule has 0 bridgehead atoms. The summed E-state index contributed by atoms with van der Waals surface area (Å²) in [6.45, 7) is 3.87. The number of nitrogens with zero attached hydrogens (tertiary/aromatic N) is 1. The largest absolute Gasteiger partial charge is 0.462 e. The number of pyridine rings is 1. The molecule has 0 spiro atoms. The maximum Gasteiger partial charge on any atom is 0.356 e. The van der Waals surface area contributed by atoms with Crippen LogP contribution in [0.5, 0.6) is 0 Å². The van der Waals surface area contributed by atoms with E-state index in [-0.39, 0.29) is 30.2 Å². The Labute approximate surface area is 174 Å². The van der Waals surface area contributed by atoms with E-state index < -0.39 is 11.9 Å². The molecule has 1 aromatic heterocycles. The molecule has 6 heteroatoms. The maximum atomic E-state index is 12.9. The quantitative estimate of drug-likeness (QED) is 0.508. The van der Waals surface area contributed by atoms with Crippen molar-refractivity contribution in [1.29, 1.82) is 0 Å². The number of carbonyl (C=O) groups excluding carboxylic acids is 2. The van der Waals surface area contributed by atoms with Crippen molar-refractivity contribution >= 4 is 23.5 Å². The minimum absolute atomic E-state index is 0.0914. The third kappa shape index (κ3) is 4.46. The molecule has 2 aromatic carbocycles. The van der Waals surface area contributed by atoms with Gasteiger partial charge in [-0.25, -0.2) is 14.6 Å². The van der Waals surface area contributed by atoms with Crippen molar-refractivity contribution in [3.05, 3.63) is 76.9 Å². The first kappa shape index (κ1) is 20.6. The van der Waals surface area contributed by atoms with Crippen LogP contribution in [-0.2, 0) is 9.47 Å². The second kappa shape index (κ2) is 9.34. The van der Waals surface area contributed by atoms with Crippen molar-refractivity contribution in [2.24, 2.45) is 0 Å². The highest BCUT2D eigenvalue weighted by molar-refractivity contribution is 6.33. The first-order valence-electron chi connectivity index (χ1n) is 9.26. The van der Waals surface area contributed by atoms with E-state index in [1.54, 1.807) is 44.2 Å². The smallest absolute Gasteiger partial charge is 0.356 e. The van der Waals surface area contributed by atoms with E-state index >= 15 is 0 Å². The van der Waals surface area contributed by atoms with Crippen molar-refractivity contribution in [3.63, 3.8) is 0 Å². The molecule has 0 fully saturated rings. The molecule has 0 radical (unpaired) electrons.